The largest absolute Gasteiger partial charge is 0.334 e. The summed E-state index contributed by atoms with van der Waals surface area (Å²) < 4.78 is 24.3. The predicted molar refractivity (Wildman–Crippen MR) is 82.6 cm³/mol. The molecule has 0 saturated heterocycles. The predicted octanol–water partition coefficient (Wildman–Crippen LogP) is 5.24. The Labute approximate surface area is 126 Å². The molecule has 1 aliphatic rings. The van der Waals surface area contributed by atoms with Gasteiger partial charge in [-0.3, -0.25) is 4.57 Å². The van der Waals surface area contributed by atoms with E-state index in [0.29, 0.717) is 5.02 Å². The van der Waals surface area contributed by atoms with Crippen molar-refractivity contribution in [1.82, 2.24) is 0 Å². The summed E-state index contributed by atoms with van der Waals surface area (Å²) in [5, 5.41) is 0.714. The Bertz CT molecular complexity index is 484. The molecule has 0 radical (unpaired) electrons. The molecule has 0 N–H and O–H groups in total. The minimum absolute atomic E-state index is 0.0338. The van der Waals surface area contributed by atoms with Crippen molar-refractivity contribution in [3.8, 4) is 0 Å². The van der Waals surface area contributed by atoms with Crippen LogP contribution in [-0.2, 0) is 13.6 Å². The van der Waals surface area contributed by atoms with E-state index >= 15 is 0 Å². The van der Waals surface area contributed by atoms with Crippen LogP contribution in [0, 0.1) is 0 Å². The molecule has 0 heterocycles. The Morgan fingerprint density at radius 3 is 2.05 bits per heavy atom. The highest BCUT2D eigenvalue weighted by Crippen LogP contribution is 2.69. The maximum Gasteiger partial charge on any atom is 0.334 e. The highest BCUT2D eigenvalue weighted by atomic mass is 35.5. The van der Waals surface area contributed by atoms with Crippen LogP contribution in [0.4, 0.5) is 0 Å². The van der Waals surface area contributed by atoms with Crippen molar-refractivity contribution in [2.75, 3.05) is 0 Å². The van der Waals surface area contributed by atoms with Gasteiger partial charge in [0.05, 0.1) is 17.9 Å². The third kappa shape index (κ3) is 3.85. The van der Waals surface area contributed by atoms with Crippen LogP contribution in [0.15, 0.2) is 24.3 Å². The third-order valence-corrected chi connectivity index (χ3v) is 6.24. The Hall–Kier alpha value is -0.340. The molecule has 3 nitrogen and oxygen atoms in total. The second-order valence-corrected chi connectivity index (χ2v) is 8.41. The standard InChI is InChI=1S/C15H22ClO3P/c1-10(2)18-20(17,19-11(3)4)15-9-14(15)12-5-7-13(16)8-6-12/h5-8,10-11,14-15H,9H2,1-4H3/t14-,15-/m0/s1. The van der Waals surface area contributed by atoms with E-state index in [4.69, 9.17) is 20.6 Å². The van der Waals surface area contributed by atoms with Crippen molar-refractivity contribution >= 4 is 19.2 Å². The van der Waals surface area contributed by atoms with E-state index in [1.807, 2.05) is 52.0 Å². The SMILES string of the molecule is CC(C)OP(=O)(OC(C)C)[C@H]1C[C@H]1c1ccc(Cl)cc1. The molecule has 0 unspecified atom stereocenters. The highest BCUT2D eigenvalue weighted by molar-refractivity contribution is 7.55. The van der Waals surface area contributed by atoms with Crippen LogP contribution >= 0.6 is 19.2 Å². The van der Waals surface area contributed by atoms with Crippen molar-refractivity contribution in [1.29, 1.82) is 0 Å². The van der Waals surface area contributed by atoms with E-state index < -0.39 is 7.60 Å². The molecule has 1 aromatic rings. The van der Waals surface area contributed by atoms with Crippen LogP contribution in [0.2, 0.25) is 5.02 Å². The zero-order valence-electron chi connectivity index (χ0n) is 12.4. The zero-order valence-corrected chi connectivity index (χ0v) is 14.0. The fourth-order valence-electron chi connectivity index (χ4n) is 2.37. The molecule has 0 bridgehead atoms. The Morgan fingerprint density at radius 2 is 1.60 bits per heavy atom. The lowest BCUT2D eigenvalue weighted by molar-refractivity contribution is 0.141. The summed E-state index contributed by atoms with van der Waals surface area (Å²) in [4.78, 5) is 0. The van der Waals surface area contributed by atoms with Crippen LogP contribution in [0.25, 0.3) is 0 Å². The first kappa shape index (κ1) is 16.0. The van der Waals surface area contributed by atoms with Crippen LogP contribution in [-0.4, -0.2) is 17.9 Å². The number of hydrogen-bond acceptors (Lipinski definition) is 3. The van der Waals surface area contributed by atoms with Gasteiger partial charge < -0.3 is 9.05 Å². The third-order valence-electron chi connectivity index (χ3n) is 3.18. The van der Waals surface area contributed by atoms with Gasteiger partial charge in [0.2, 0.25) is 0 Å². The number of halogens is 1. The van der Waals surface area contributed by atoms with Crippen molar-refractivity contribution in [3.05, 3.63) is 34.9 Å². The summed E-state index contributed by atoms with van der Waals surface area (Å²) in [6, 6.07) is 7.71. The molecule has 0 amide bonds. The van der Waals surface area contributed by atoms with Gasteiger partial charge in [-0.25, -0.2) is 0 Å². The first-order valence-corrected chi connectivity index (χ1v) is 9.03. The van der Waals surface area contributed by atoms with E-state index in [1.165, 1.54) is 0 Å². The van der Waals surface area contributed by atoms with Gasteiger partial charge in [-0.2, -0.15) is 0 Å². The van der Waals surface area contributed by atoms with Crippen molar-refractivity contribution in [3.63, 3.8) is 0 Å². The van der Waals surface area contributed by atoms with E-state index in [0.717, 1.165) is 12.0 Å². The average Bonchev–Trinajstić information content (AvgIpc) is 3.08. The van der Waals surface area contributed by atoms with Crippen LogP contribution in [0.5, 0.6) is 0 Å². The molecule has 1 saturated carbocycles. The normalized spacial score (nSPS) is 22.6. The van der Waals surface area contributed by atoms with Gasteiger partial charge in [0, 0.05) is 5.02 Å². The first-order valence-electron chi connectivity index (χ1n) is 7.04. The summed E-state index contributed by atoms with van der Waals surface area (Å²) in [7, 11) is -3.06. The Balaban J connectivity index is 2.13. The average molecular weight is 317 g/mol. The van der Waals surface area contributed by atoms with Gasteiger partial charge in [-0.05, 0) is 57.7 Å². The summed E-state index contributed by atoms with van der Waals surface area (Å²) in [5.74, 6) is 0.246. The van der Waals surface area contributed by atoms with E-state index in [9.17, 15) is 4.57 Å². The smallest absolute Gasteiger partial charge is 0.306 e. The molecule has 0 aromatic heterocycles. The summed E-state index contributed by atoms with van der Waals surface area (Å²) in [5.41, 5.74) is 1.12. The molecule has 112 valence electrons. The maximum absolute atomic E-state index is 13.0. The fraction of sp³-hybridized carbons (Fsp3) is 0.600. The van der Waals surface area contributed by atoms with Crippen molar-refractivity contribution < 1.29 is 13.6 Å². The van der Waals surface area contributed by atoms with E-state index in [2.05, 4.69) is 0 Å². The van der Waals surface area contributed by atoms with Crippen molar-refractivity contribution in [2.45, 2.75) is 57.9 Å². The zero-order chi connectivity index (χ0) is 14.9. The van der Waals surface area contributed by atoms with Gasteiger partial charge in [0.1, 0.15) is 0 Å². The number of rotatable bonds is 6. The van der Waals surface area contributed by atoms with Crippen molar-refractivity contribution in [2.24, 2.45) is 0 Å². The first-order chi connectivity index (χ1) is 9.32. The molecule has 1 aromatic carbocycles. The topological polar surface area (TPSA) is 35.5 Å². The second-order valence-electron chi connectivity index (χ2n) is 5.81. The molecule has 2 rings (SSSR count). The fourth-order valence-corrected chi connectivity index (χ4v) is 5.13. The molecular weight excluding hydrogens is 295 g/mol. The number of hydrogen-bond donors (Lipinski definition) is 0. The Morgan fingerprint density at radius 1 is 1.10 bits per heavy atom. The molecule has 1 fully saturated rings. The maximum atomic E-state index is 13.0. The van der Waals surface area contributed by atoms with Crippen LogP contribution in [0.3, 0.4) is 0 Å². The van der Waals surface area contributed by atoms with Crippen LogP contribution < -0.4 is 0 Å². The van der Waals surface area contributed by atoms with Crippen LogP contribution in [0.1, 0.15) is 45.6 Å². The van der Waals surface area contributed by atoms with E-state index in [-0.39, 0.29) is 23.8 Å². The minimum Gasteiger partial charge on any atom is -0.306 e. The lowest BCUT2D eigenvalue weighted by Crippen LogP contribution is -2.11. The number of benzene rings is 1. The molecule has 0 spiro atoms. The summed E-state index contributed by atoms with van der Waals surface area (Å²) in [6.45, 7) is 7.54. The van der Waals surface area contributed by atoms with Gasteiger partial charge in [-0.1, -0.05) is 23.7 Å². The lowest BCUT2D eigenvalue weighted by atomic mass is 10.1. The minimum atomic E-state index is -3.06. The molecular formula is C15H22ClO3P. The molecule has 0 aliphatic heterocycles. The second kappa shape index (κ2) is 6.19. The van der Waals surface area contributed by atoms with Gasteiger partial charge in [-0.15, -0.1) is 0 Å². The lowest BCUT2D eigenvalue weighted by Gasteiger charge is -2.23. The summed E-state index contributed by atoms with van der Waals surface area (Å²) >= 11 is 5.90. The Kier molecular flexibility index (Phi) is 4.96. The highest BCUT2D eigenvalue weighted by Gasteiger charge is 2.54. The molecule has 20 heavy (non-hydrogen) atoms. The molecule has 1 aliphatic carbocycles. The van der Waals surface area contributed by atoms with Gasteiger partial charge in [0.25, 0.3) is 0 Å². The summed E-state index contributed by atoms with van der Waals surface area (Å²) in [6.07, 6.45) is 0.635. The van der Waals surface area contributed by atoms with Gasteiger partial charge >= 0.3 is 7.60 Å². The monoisotopic (exact) mass is 316 g/mol. The van der Waals surface area contributed by atoms with E-state index in [1.54, 1.807) is 0 Å². The quantitative estimate of drug-likeness (QED) is 0.673. The molecule has 2 atom stereocenters. The van der Waals surface area contributed by atoms with Gasteiger partial charge in [0.15, 0.2) is 0 Å². The molecule has 5 heteroatoms.